The highest BCUT2D eigenvalue weighted by molar-refractivity contribution is 4.73. The summed E-state index contributed by atoms with van der Waals surface area (Å²) in [6.07, 6.45) is -1.03. The van der Waals surface area contributed by atoms with Crippen molar-refractivity contribution in [3.05, 3.63) is 0 Å². The monoisotopic (exact) mass is 179 g/mol. The molecule has 2 nitrogen and oxygen atoms in total. The number of piperidine rings is 1. The highest BCUT2D eigenvalue weighted by Gasteiger charge is 2.25. The van der Waals surface area contributed by atoms with Gasteiger partial charge >= 0.3 is 0 Å². The van der Waals surface area contributed by atoms with E-state index in [0.717, 1.165) is 0 Å². The molecule has 0 aliphatic carbocycles. The number of hydrogen-bond donors (Lipinski definition) is 1. The van der Waals surface area contributed by atoms with E-state index in [1.54, 1.807) is 0 Å². The van der Waals surface area contributed by atoms with Crippen LogP contribution in [0.25, 0.3) is 0 Å². The molecular formula is C8H15F2NO. The van der Waals surface area contributed by atoms with E-state index in [1.807, 2.05) is 4.90 Å². The number of aliphatic hydroxyl groups excluding tert-OH is 1. The van der Waals surface area contributed by atoms with Gasteiger partial charge in [-0.3, -0.25) is 0 Å². The van der Waals surface area contributed by atoms with Gasteiger partial charge < -0.3 is 10.0 Å². The van der Waals surface area contributed by atoms with Gasteiger partial charge in [-0.1, -0.05) is 0 Å². The Labute approximate surface area is 71.2 Å². The molecule has 1 aliphatic rings. The molecule has 4 heteroatoms. The van der Waals surface area contributed by atoms with Crippen LogP contribution < -0.4 is 0 Å². The van der Waals surface area contributed by atoms with Crippen LogP contribution in [-0.4, -0.2) is 42.7 Å². The molecule has 1 aliphatic heterocycles. The molecule has 0 aromatic heterocycles. The Morgan fingerprint density at radius 3 is 2.33 bits per heavy atom. The van der Waals surface area contributed by atoms with Crippen LogP contribution in [0.15, 0.2) is 0 Å². The Morgan fingerprint density at radius 1 is 1.33 bits per heavy atom. The van der Waals surface area contributed by atoms with Crippen molar-refractivity contribution in [3.63, 3.8) is 0 Å². The van der Waals surface area contributed by atoms with Crippen molar-refractivity contribution in [2.45, 2.75) is 19.3 Å². The molecule has 1 fully saturated rings. The van der Waals surface area contributed by atoms with Crippen molar-refractivity contribution in [2.24, 2.45) is 5.92 Å². The fourth-order valence-electron chi connectivity index (χ4n) is 1.57. The Balaban J connectivity index is 2.20. The van der Waals surface area contributed by atoms with Crippen LogP contribution >= 0.6 is 0 Å². The average Bonchev–Trinajstić information content (AvgIpc) is 2.06. The molecule has 1 saturated heterocycles. The quantitative estimate of drug-likeness (QED) is 0.697. The lowest BCUT2D eigenvalue weighted by atomic mass is 9.97. The third-order valence-electron chi connectivity index (χ3n) is 2.40. The first kappa shape index (κ1) is 9.86. The van der Waals surface area contributed by atoms with E-state index in [4.69, 9.17) is 5.11 Å². The summed E-state index contributed by atoms with van der Waals surface area (Å²) < 4.78 is 24.3. The number of alkyl halides is 2. The molecule has 0 spiro atoms. The number of likely N-dealkylation sites (tertiary alicyclic amines) is 1. The Kier molecular flexibility index (Phi) is 3.88. The van der Waals surface area contributed by atoms with Crippen LogP contribution in [0, 0.1) is 5.92 Å². The lowest BCUT2D eigenvalue weighted by Gasteiger charge is -2.30. The molecule has 1 rings (SSSR count). The molecule has 0 aromatic carbocycles. The fraction of sp³-hybridized carbons (Fsp3) is 1.00. The largest absolute Gasteiger partial charge is 0.395 e. The van der Waals surface area contributed by atoms with Crippen LogP contribution in [0.1, 0.15) is 12.8 Å². The minimum atomic E-state index is -2.17. The van der Waals surface area contributed by atoms with Gasteiger partial charge in [-0.2, -0.15) is 0 Å². The second kappa shape index (κ2) is 4.72. The van der Waals surface area contributed by atoms with E-state index in [9.17, 15) is 8.78 Å². The van der Waals surface area contributed by atoms with Gasteiger partial charge in [0.15, 0.2) is 0 Å². The minimum absolute atomic E-state index is 0.124. The molecule has 0 saturated carbocycles. The zero-order chi connectivity index (χ0) is 8.97. The SMILES string of the molecule is OCCN1CCC(C(F)F)CC1. The molecule has 0 radical (unpaired) electrons. The summed E-state index contributed by atoms with van der Waals surface area (Å²) in [5.41, 5.74) is 0. The van der Waals surface area contributed by atoms with Crippen LogP contribution in [0.2, 0.25) is 0 Å². The van der Waals surface area contributed by atoms with Crippen molar-refractivity contribution in [3.8, 4) is 0 Å². The Hall–Kier alpha value is -0.220. The first-order valence-electron chi connectivity index (χ1n) is 4.35. The standard InChI is InChI=1S/C8H15F2NO/c9-8(10)7-1-3-11(4-2-7)5-6-12/h7-8,12H,1-6H2. The summed E-state index contributed by atoms with van der Waals surface area (Å²) in [6.45, 7) is 2.15. The maximum Gasteiger partial charge on any atom is 0.241 e. The van der Waals surface area contributed by atoms with Gasteiger partial charge in [-0.25, -0.2) is 8.78 Å². The summed E-state index contributed by atoms with van der Waals surface area (Å²) >= 11 is 0. The topological polar surface area (TPSA) is 23.5 Å². The molecule has 0 bridgehead atoms. The molecule has 1 N–H and O–H groups in total. The van der Waals surface area contributed by atoms with E-state index in [2.05, 4.69) is 0 Å². The summed E-state index contributed by atoms with van der Waals surface area (Å²) in [5, 5.41) is 8.60. The number of hydrogen-bond acceptors (Lipinski definition) is 2. The summed E-state index contributed by atoms with van der Waals surface area (Å²) in [4.78, 5) is 2.03. The zero-order valence-electron chi connectivity index (χ0n) is 7.05. The van der Waals surface area contributed by atoms with Crippen molar-refractivity contribution < 1.29 is 13.9 Å². The van der Waals surface area contributed by atoms with E-state index in [1.165, 1.54) is 0 Å². The van der Waals surface area contributed by atoms with E-state index in [-0.39, 0.29) is 6.61 Å². The predicted octanol–water partition coefficient (Wildman–Crippen LogP) is 0.956. The molecule has 0 unspecified atom stereocenters. The molecule has 0 amide bonds. The average molecular weight is 179 g/mol. The smallest absolute Gasteiger partial charge is 0.241 e. The molecule has 12 heavy (non-hydrogen) atoms. The maximum atomic E-state index is 12.2. The van der Waals surface area contributed by atoms with Gasteiger partial charge in [-0.15, -0.1) is 0 Å². The van der Waals surface area contributed by atoms with Crippen molar-refractivity contribution >= 4 is 0 Å². The van der Waals surface area contributed by atoms with E-state index in [0.29, 0.717) is 32.5 Å². The van der Waals surface area contributed by atoms with Gasteiger partial charge in [-0.05, 0) is 25.9 Å². The number of nitrogens with zero attached hydrogens (tertiary/aromatic N) is 1. The third-order valence-corrected chi connectivity index (χ3v) is 2.40. The van der Waals surface area contributed by atoms with Crippen LogP contribution in [-0.2, 0) is 0 Å². The first-order valence-corrected chi connectivity index (χ1v) is 4.35. The van der Waals surface area contributed by atoms with Crippen molar-refractivity contribution in [1.82, 2.24) is 4.90 Å². The number of aliphatic hydroxyl groups is 1. The van der Waals surface area contributed by atoms with Gasteiger partial charge in [0.2, 0.25) is 6.43 Å². The van der Waals surface area contributed by atoms with Crippen LogP contribution in [0.4, 0.5) is 8.78 Å². The molecule has 0 atom stereocenters. The number of halogens is 2. The molecular weight excluding hydrogens is 164 g/mol. The summed E-state index contributed by atoms with van der Waals surface area (Å²) in [5.74, 6) is -0.417. The summed E-state index contributed by atoms with van der Waals surface area (Å²) in [6, 6.07) is 0. The molecule has 72 valence electrons. The minimum Gasteiger partial charge on any atom is -0.395 e. The Bertz CT molecular complexity index is 124. The lowest BCUT2D eigenvalue weighted by molar-refractivity contribution is 0.0319. The second-order valence-electron chi connectivity index (χ2n) is 3.24. The lowest BCUT2D eigenvalue weighted by Crippen LogP contribution is -2.37. The van der Waals surface area contributed by atoms with Crippen molar-refractivity contribution in [2.75, 3.05) is 26.2 Å². The predicted molar refractivity (Wildman–Crippen MR) is 42.3 cm³/mol. The highest BCUT2D eigenvalue weighted by Crippen LogP contribution is 2.22. The number of rotatable bonds is 3. The van der Waals surface area contributed by atoms with Gasteiger partial charge in [0.05, 0.1) is 6.61 Å². The normalized spacial score (nSPS) is 22.0. The van der Waals surface area contributed by atoms with E-state index >= 15 is 0 Å². The van der Waals surface area contributed by atoms with E-state index < -0.39 is 12.3 Å². The third kappa shape index (κ3) is 2.68. The van der Waals surface area contributed by atoms with Gasteiger partial charge in [0.1, 0.15) is 0 Å². The van der Waals surface area contributed by atoms with Crippen LogP contribution in [0.5, 0.6) is 0 Å². The van der Waals surface area contributed by atoms with Crippen LogP contribution in [0.3, 0.4) is 0 Å². The van der Waals surface area contributed by atoms with Crippen molar-refractivity contribution in [1.29, 1.82) is 0 Å². The Morgan fingerprint density at radius 2 is 1.92 bits per heavy atom. The first-order chi connectivity index (χ1) is 5.74. The second-order valence-corrected chi connectivity index (χ2v) is 3.24. The highest BCUT2D eigenvalue weighted by atomic mass is 19.3. The molecule has 1 heterocycles. The summed E-state index contributed by atoms with van der Waals surface area (Å²) in [7, 11) is 0. The molecule has 0 aromatic rings. The zero-order valence-corrected chi connectivity index (χ0v) is 7.05. The van der Waals surface area contributed by atoms with Gasteiger partial charge in [0.25, 0.3) is 0 Å². The maximum absolute atomic E-state index is 12.2. The number of β-amino-alcohol motifs (C(OH)–C–C–N with tert-alkyl or cyclic N) is 1. The fourth-order valence-corrected chi connectivity index (χ4v) is 1.57. The van der Waals surface area contributed by atoms with Gasteiger partial charge in [0, 0.05) is 12.5 Å².